The van der Waals surface area contributed by atoms with E-state index in [-0.39, 0.29) is 0 Å². The van der Waals surface area contributed by atoms with Gasteiger partial charge in [0.25, 0.3) is 0 Å². The molecule has 8 heteroatoms. The number of aromatic nitrogens is 4. The minimum Gasteiger partial charge on any atom is -0.352 e. The third-order valence-electron chi connectivity index (χ3n) is 9.52. The molecule has 0 radical (unpaired) electrons. The van der Waals surface area contributed by atoms with Crippen LogP contribution in [0.15, 0.2) is 122 Å². The van der Waals surface area contributed by atoms with Crippen molar-refractivity contribution in [2.45, 2.75) is 5.41 Å². The van der Waals surface area contributed by atoms with E-state index in [0.717, 1.165) is 34.4 Å². The lowest BCUT2D eigenvalue weighted by Crippen LogP contribution is -2.30. The lowest BCUT2D eigenvalue weighted by Gasteiger charge is -2.35. The predicted octanol–water partition coefficient (Wildman–Crippen LogP) is 6.72. The molecule has 6 aromatic rings. The van der Waals surface area contributed by atoms with E-state index < -0.39 is 5.41 Å². The van der Waals surface area contributed by atoms with Crippen molar-refractivity contribution >= 4 is 34.4 Å². The molecule has 0 fully saturated rings. The maximum atomic E-state index is 4.68. The van der Waals surface area contributed by atoms with Crippen molar-refractivity contribution in [3.63, 3.8) is 0 Å². The molecule has 0 saturated heterocycles. The van der Waals surface area contributed by atoms with Crippen molar-refractivity contribution in [3.8, 4) is 11.1 Å². The van der Waals surface area contributed by atoms with E-state index >= 15 is 0 Å². The zero-order valence-electron chi connectivity index (χ0n) is 25.0. The standard InChI is InChI=1S/C37H30N8/c1-42-23-44(35-33(42)19-38-21-40-35)27-11-7-9-25(17-27)37(31-15-5-3-13-29(31)30-14-4-6-16-32(30)37)26-10-8-12-28(18-26)45-24-43(2)34-20-39-22-41-36(34)45/h3-22H,23-24H2,1-2H3. The van der Waals surface area contributed by atoms with E-state index in [9.17, 15) is 0 Å². The Labute approximate surface area is 261 Å². The van der Waals surface area contributed by atoms with Crippen LogP contribution in [0.25, 0.3) is 11.1 Å². The van der Waals surface area contributed by atoms with Crippen LogP contribution in [0.1, 0.15) is 22.3 Å². The first-order valence-electron chi connectivity index (χ1n) is 15.1. The van der Waals surface area contributed by atoms with Gasteiger partial charge in [0, 0.05) is 25.5 Å². The molecule has 4 heterocycles. The predicted molar refractivity (Wildman–Crippen MR) is 179 cm³/mol. The highest BCUT2D eigenvalue weighted by molar-refractivity contribution is 5.88. The molecule has 3 aliphatic rings. The van der Waals surface area contributed by atoms with Gasteiger partial charge in [-0.1, -0.05) is 72.8 Å². The van der Waals surface area contributed by atoms with Gasteiger partial charge in [-0.3, -0.25) is 0 Å². The monoisotopic (exact) mass is 586 g/mol. The average Bonchev–Trinajstić information content (AvgIpc) is 3.73. The van der Waals surface area contributed by atoms with Crippen molar-refractivity contribution in [1.29, 1.82) is 0 Å². The van der Waals surface area contributed by atoms with E-state index in [2.05, 4.69) is 151 Å². The third kappa shape index (κ3) is 3.59. The highest BCUT2D eigenvalue weighted by atomic mass is 15.4. The Balaban J connectivity index is 1.28. The van der Waals surface area contributed by atoms with Gasteiger partial charge in [0.15, 0.2) is 11.6 Å². The first-order valence-corrected chi connectivity index (χ1v) is 15.1. The maximum absolute atomic E-state index is 4.68. The maximum Gasteiger partial charge on any atom is 0.161 e. The van der Waals surface area contributed by atoms with Crippen LogP contribution >= 0.6 is 0 Å². The Morgan fingerprint density at radius 1 is 0.556 bits per heavy atom. The zero-order chi connectivity index (χ0) is 30.1. The molecule has 4 aromatic carbocycles. The number of benzene rings is 4. The van der Waals surface area contributed by atoms with E-state index in [4.69, 9.17) is 0 Å². The Bertz CT molecular complexity index is 1960. The van der Waals surface area contributed by atoms with Gasteiger partial charge in [-0.25, -0.2) is 19.9 Å². The van der Waals surface area contributed by atoms with Crippen LogP contribution in [-0.4, -0.2) is 47.4 Å². The van der Waals surface area contributed by atoms with Gasteiger partial charge in [0.2, 0.25) is 0 Å². The molecule has 2 aromatic heterocycles. The van der Waals surface area contributed by atoms with Crippen LogP contribution in [0.2, 0.25) is 0 Å². The molecular weight excluding hydrogens is 556 g/mol. The largest absolute Gasteiger partial charge is 0.352 e. The molecule has 45 heavy (non-hydrogen) atoms. The van der Waals surface area contributed by atoms with Crippen LogP contribution in [0.3, 0.4) is 0 Å². The van der Waals surface area contributed by atoms with Crippen molar-refractivity contribution in [2.24, 2.45) is 0 Å². The number of hydrogen-bond acceptors (Lipinski definition) is 8. The number of rotatable bonds is 4. The Kier molecular flexibility index (Phi) is 5.50. The summed E-state index contributed by atoms with van der Waals surface area (Å²) in [5.74, 6) is 1.85. The molecule has 2 aliphatic heterocycles. The second-order valence-electron chi connectivity index (χ2n) is 11.9. The van der Waals surface area contributed by atoms with Gasteiger partial charge in [-0.2, -0.15) is 0 Å². The Morgan fingerprint density at radius 3 is 1.51 bits per heavy atom. The lowest BCUT2D eigenvalue weighted by atomic mass is 9.67. The summed E-state index contributed by atoms with van der Waals surface area (Å²) in [4.78, 5) is 26.8. The summed E-state index contributed by atoms with van der Waals surface area (Å²) in [5, 5.41) is 0. The quantitative estimate of drug-likeness (QED) is 0.225. The average molecular weight is 587 g/mol. The van der Waals surface area contributed by atoms with E-state index in [1.54, 1.807) is 12.7 Å². The van der Waals surface area contributed by atoms with E-state index in [1.165, 1.54) is 33.4 Å². The minimum atomic E-state index is -0.542. The van der Waals surface area contributed by atoms with Crippen LogP contribution in [-0.2, 0) is 5.41 Å². The summed E-state index contributed by atoms with van der Waals surface area (Å²) in [5.41, 5.74) is 11.2. The summed E-state index contributed by atoms with van der Waals surface area (Å²) < 4.78 is 0. The molecule has 0 amide bonds. The van der Waals surface area contributed by atoms with Crippen LogP contribution in [0.5, 0.6) is 0 Å². The summed E-state index contributed by atoms with van der Waals surface area (Å²) in [6.07, 6.45) is 7.04. The third-order valence-corrected chi connectivity index (χ3v) is 9.52. The normalized spacial score (nSPS) is 15.6. The van der Waals surface area contributed by atoms with Crippen molar-refractivity contribution < 1.29 is 0 Å². The molecule has 0 unspecified atom stereocenters. The minimum absolute atomic E-state index is 0.542. The Morgan fingerprint density at radius 2 is 1.02 bits per heavy atom. The zero-order valence-corrected chi connectivity index (χ0v) is 25.0. The Hall–Kier alpha value is -5.76. The molecule has 0 spiro atoms. The van der Waals surface area contributed by atoms with Crippen LogP contribution in [0, 0.1) is 0 Å². The van der Waals surface area contributed by atoms with E-state index in [1.807, 2.05) is 12.4 Å². The highest BCUT2D eigenvalue weighted by Gasteiger charge is 2.46. The second-order valence-corrected chi connectivity index (χ2v) is 11.9. The molecule has 218 valence electrons. The van der Waals surface area contributed by atoms with Gasteiger partial charge in [-0.05, 0) is 57.6 Å². The molecule has 1 aliphatic carbocycles. The van der Waals surface area contributed by atoms with Crippen molar-refractivity contribution in [3.05, 3.63) is 144 Å². The summed E-state index contributed by atoms with van der Waals surface area (Å²) in [7, 11) is 4.17. The SMILES string of the molecule is CN1CN(c2cccc(C3(c4cccc(N5CN(C)c6cncnc65)c4)c4ccccc4-c4ccccc43)c2)c2ncncc21. The number of fused-ring (bicyclic) bond motifs is 5. The fourth-order valence-corrected chi connectivity index (χ4v) is 7.54. The van der Waals surface area contributed by atoms with Crippen molar-refractivity contribution in [1.82, 2.24) is 19.9 Å². The molecule has 9 rings (SSSR count). The fraction of sp³-hybridized carbons (Fsp3) is 0.135. The number of nitrogens with zero attached hydrogens (tertiary/aromatic N) is 8. The van der Waals surface area contributed by atoms with E-state index in [0.29, 0.717) is 13.3 Å². The van der Waals surface area contributed by atoms with Crippen LogP contribution in [0.4, 0.5) is 34.4 Å². The molecule has 0 N–H and O–H groups in total. The molecule has 0 atom stereocenters. The first kappa shape index (κ1) is 25.7. The van der Waals surface area contributed by atoms with Crippen molar-refractivity contribution in [2.75, 3.05) is 47.0 Å². The topological polar surface area (TPSA) is 64.5 Å². The summed E-state index contributed by atoms with van der Waals surface area (Å²) in [6.45, 7) is 1.41. The first-order chi connectivity index (χ1) is 22.1. The number of anilines is 6. The highest BCUT2D eigenvalue weighted by Crippen LogP contribution is 2.57. The van der Waals surface area contributed by atoms with Gasteiger partial charge in [0.1, 0.15) is 24.0 Å². The second kappa shape index (κ2) is 9.62. The molecular formula is C37H30N8. The summed E-state index contributed by atoms with van der Waals surface area (Å²) in [6, 6.07) is 35.7. The number of hydrogen-bond donors (Lipinski definition) is 0. The lowest BCUT2D eigenvalue weighted by molar-refractivity contribution is 0.766. The molecule has 0 saturated carbocycles. The van der Waals surface area contributed by atoms with Gasteiger partial charge >= 0.3 is 0 Å². The fourth-order valence-electron chi connectivity index (χ4n) is 7.54. The van der Waals surface area contributed by atoms with Gasteiger partial charge in [-0.15, -0.1) is 0 Å². The molecule has 0 bridgehead atoms. The smallest absolute Gasteiger partial charge is 0.161 e. The summed E-state index contributed by atoms with van der Waals surface area (Å²) >= 11 is 0. The van der Waals surface area contributed by atoms with Gasteiger partial charge < -0.3 is 19.6 Å². The van der Waals surface area contributed by atoms with Crippen LogP contribution < -0.4 is 19.6 Å². The molecule has 8 nitrogen and oxygen atoms in total. The van der Waals surface area contributed by atoms with Gasteiger partial charge in [0.05, 0.1) is 31.1 Å².